The van der Waals surface area contributed by atoms with E-state index in [9.17, 15) is 19.3 Å². The molecule has 1 aromatic rings. The summed E-state index contributed by atoms with van der Waals surface area (Å²) in [6.45, 7) is 0.792. The molecular weight excluding hydrogens is 335 g/mol. The van der Waals surface area contributed by atoms with E-state index in [0.29, 0.717) is 0 Å². The van der Waals surface area contributed by atoms with Gasteiger partial charge in [-0.1, -0.05) is 0 Å². The second-order valence-corrected chi connectivity index (χ2v) is 6.74. The summed E-state index contributed by atoms with van der Waals surface area (Å²) >= 11 is 0. The molecule has 2 aliphatic rings. The van der Waals surface area contributed by atoms with Crippen LogP contribution >= 0.6 is 7.82 Å². The zero-order valence-corrected chi connectivity index (χ0v) is 12.8. The first-order chi connectivity index (χ1) is 10.6. The highest BCUT2D eigenvalue weighted by Gasteiger charge is 2.64. The van der Waals surface area contributed by atoms with Gasteiger partial charge in [0.15, 0.2) is 6.23 Å². The molecule has 3 rings (SSSR count). The number of hydrogen-bond acceptors (Lipinski definition) is 7. The van der Waals surface area contributed by atoms with Gasteiger partial charge in [-0.15, -0.1) is 0 Å². The molecule has 12 heteroatoms. The second-order valence-electron chi connectivity index (χ2n) is 5.50. The summed E-state index contributed by atoms with van der Waals surface area (Å²) in [6.07, 6.45) is -1.81. The topological polar surface area (TPSA) is 160 Å². The number of aryl methyl sites for hydroxylation is 1. The Kier molecular flexibility index (Phi) is 3.84. The first-order valence-electron chi connectivity index (χ1n) is 6.63. The molecule has 128 valence electrons. The number of H-pyrrole nitrogens is 1. The van der Waals surface area contributed by atoms with Crippen molar-refractivity contribution in [1.82, 2.24) is 9.55 Å². The van der Waals surface area contributed by atoms with Crippen LogP contribution in [-0.2, 0) is 18.6 Å². The van der Waals surface area contributed by atoms with E-state index in [1.807, 2.05) is 0 Å². The van der Waals surface area contributed by atoms with Crippen molar-refractivity contribution in [2.24, 2.45) is 0 Å². The highest BCUT2D eigenvalue weighted by molar-refractivity contribution is 7.46. The van der Waals surface area contributed by atoms with E-state index < -0.39 is 49.7 Å². The third-order valence-electron chi connectivity index (χ3n) is 3.92. The largest absolute Gasteiger partial charge is 0.469 e. The van der Waals surface area contributed by atoms with E-state index in [1.165, 1.54) is 13.1 Å². The number of fused-ring (bicyclic) bond motifs is 1. The average Bonchev–Trinajstić information content (AvgIpc) is 2.61. The van der Waals surface area contributed by atoms with Crippen molar-refractivity contribution in [3.8, 4) is 0 Å². The summed E-state index contributed by atoms with van der Waals surface area (Å²) in [5.74, 6) is 0. The number of aliphatic hydroxyl groups is 1. The van der Waals surface area contributed by atoms with Crippen LogP contribution < -0.4 is 11.2 Å². The van der Waals surface area contributed by atoms with Crippen LogP contribution in [0.3, 0.4) is 0 Å². The molecule has 4 atom stereocenters. The zero-order valence-electron chi connectivity index (χ0n) is 11.9. The van der Waals surface area contributed by atoms with Gasteiger partial charge in [-0.25, -0.2) is 9.36 Å². The molecule has 0 bridgehead atoms. The van der Waals surface area contributed by atoms with Crippen LogP contribution in [0.1, 0.15) is 11.8 Å². The Hall–Kier alpha value is -1.33. The maximum absolute atomic E-state index is 11.9. The maximum atomic E-state index is 11.9. The lowest BCUT2D eigenvalue weighted by atomic mass is 9.88. The van der Waals surface area contributed by atoms with Gasteiger partial charge in [0.25, 0.3) is 5.56 Å². The molecule has 0 aliphatic carbocycles. The average molecular weight is 350 g/mol. The molecule has 23 heavy (non-hydrogen) atoms. The lowest BCUT2D eigenvalue weighted by molar-refractivity contribution is -0.236. The Labute approximate surface area is 128 Å². The van der Waals surface area contributed by atoms with Crippen molar-refractivity contribution in [3.63, 3.8) is 0 Å². The fourth-order valence-electron chi connectivity index (χ4n) is 2.65. The number of nitrogens with zero attached hydrogens (tertiary/aromatic N) is 1. The first kappa shape index (κ1) is 16.5. The third kappa shape index (κ3) is 2.81. The summed E-state index contributed by atoms with van der Waals surface area (Å²) in [5.41, 5.74) is -2.58. The predicted octanol–water partition coefficient (Wildman–Crippen LogP) is -2.02. The lowest BCUT2D eigenvalue weighted by Crippen LogP contribution is -2.63. The quantitative estimate of drug-likeness (QED) is 0.449. The van der Waals surface area contributed by atoms with Gasteiger partial charge in [-0.05, 0) is 6.92 Å². The number of aromatic nitrogens is 2. The molecule has 0 saturated carbocycles. The Morgan fingerprint density at radius 3 is 2.78 bits per heavy atom. The molecule has 2 aliphatic heterocycles. The van der Waals surface area contributed by atoms with E-state index in [1.54, 1.807) is 0 Å². The second kappa shape index (κ2) is 5.35. The molecule has 2 saturated heterocycles. The van der Waals surface area contributed by atoms with Gasteiger partial charge >= 0.3 is 13.5 Å². The number of rotatable bonds is 4. The van der Waals surface area contributed by atoms with Gasteiger partial charge in [0.05, 0.1) is 13.2 Å². The summed E-state index contributed by atoms with van der Waals surface area (Å²) < 4.78 is 27.0. The number of phosphoric acid groups is 1. The molecule has 0 amide bonds. The SMILES string of the molecule is Cc1cn([C@@H]2O[C@H](COP(=O)(O)O)[C@]3(O)CO[C@H]23)c(=O)[nH]c1=O. The van der Waals surface area contributed by atoms with Gasteiger partial charge in [0.1, 0.15) is 17.8 Å². The van der Waals surface area contributed by atoms with Gasteiger partial charge < -0.3 is 24.4 Å². The summed E-state index contributed by atoms with van der Waals surface area (Å²) in [6, 6.07) is 0. The minimum absolute atomic E-state index is 0.125. The van der Waals surface area contributed by atoms with E-state index in [4.69, 9.17) is 19.3 Å². The van der Waals surface area contributed by atoms with Crippen molar-refractivity contribution < 1.29 is 33.5 Å². The minimum atomic E-state index is -4.73. The van der Waals surface area contributed by atoms with Crippen LogP contribution in [0.2, 0.25) is 0 Å². The smallest absolute Gasteiger partial charge is 0.382 e. The minimum Gasteiger partial charge on any atom is -0.382 e. The Balaban J connectivity index is 1.88. The zero-order chi connectivity index (χ0) is 17.0. The van der Waals surface area contributed by atoms with E-state index in [2.05, 4.69) is 9.51 Å². The number of aromatic amines is 1. The van der Waals surface area contributed by atoms with Crippen LogP contribution in [0.25, 0.3) is 0 Å². The molecular formula is C11H15N2O9P. The fourth-order valence-corrected chi connectivity index (χ4v) is 2.98. The highest BCUT2D eigenvalue weighted by atomic mass is 31.2. The molecule has 0 aromatic carbocycles. The summed E-state index contributed by atoms with van der Waals surface area (Å²) in [5, 5.41) is 10.5. The molecule has 3 heterocycles. The van der Waals surface area contributed by atoms with Crippen molar-refractivity contribution in [3.05, 3.63) is 32.6 Å². The summed E-state index contributed by atoms with van der Waals surface area (Å²) in [4.78, 5) is 42.9. The molecule has 2 fully saturated rings. The molecule has 0 spiro atoms. The van der Waals surface area contributed by atoms with Crippen LogP contribution in [-0.4, -0.2) is 55.5 Å². The maximum Gasteiger partial charge on any atom is 0.469 e. The highest BCUT2D eigenvalue weighted by Crippen LogP contribution is 2.47. The monoisotopic (exact) mass is 350 g/mol. The van der Waals surface area contributed by atoms with Crippen LogP contribution in [0.15, 0.2) is 15.8 Å². The van der Waals surface area contributed by atoms with Gasteiger partial charge in [0.2, 0.25) is 0 Å². The van der Waals surface area contributed by atoms with Crippen LogP contribution in [0.4, 0.5) is 0 Å². The van der Waals surface area contributed by atoms with Crippen molar-refractivity contribution in [2.75, 3.05) is 13.2 Å². The number of nitrogens with one attached hydrogen (secondary N) is 1. The Morgan fingerprint density at radius 1 is 1.52 bits per heavy atom. The molecule has 4 N–H and O–H groups in total. The van der Waals surface area contributed by atoms with Gasteiger partial charge in [-0.2, -0.15) is 0 Å². The number of hydrogen-bond donors (Lipinski definition) is 4. The van der Waals surface area contributed by atoms with Crippen LogP contribution in [0, 0.1) is 6.92 Å². The predicted molar refractivity (Wildman–Crippen MR) is 72.7 cm³/mol. The normalized spacial score (nSPS) is 33.3. The van der Waals surface area contributed by atoms with E-state index >= 15 is 0 Å². The van der Waals surface area contributed by atoms with Gasteiger partial charge in [-0.3, -0.25) is 18.9 Å². The first-order valence-corrected chi connectivity index (χ1v) is 8.16. The number of ether oxygens (including phenoxy) is 2. The molecule has 11 nitrogen and oxygen atoms in total. The van der Waals surface area contributed by atoms with Crippen LogP contribution in [0.5, 0.6) is 0 Å². The third-order valence-corrected chi connectivity index (χ3v) is 4.41. The fraction of sp³-hybridized carbons (Fsp3) is 0.636. The molecule has 0 radical (unpaired) electrons. The Morgan fingerprint density at radius 2 is 2.22 bits per heavy atom. The summed E-state index contributed by atoms with van der Waals surface area (Å²) in [7, 11) is -4.73. The number of phosphoric ester groups is 1. The standard InChI is InChI=1S/C11H15N2O9P/c1-5-2-13(10(15)12-8(5)14)9-7-11(16,4-20-7)6(22-9)3-21-23(17,18)19/h2,6-7,9,16H,3-4H2,1H3,(H,12,14,15)(H2,17,18,19)/t6-,7-,9-,11-/m1/s1. The van der Waals surface area contributed by atoms with E-state index in [-0.39, 0.29) is 12.2 Å². The van der Waals surface area contributed by atoms with Gasteiger partial charge in [0, 0.05) is 11.8 Å². The van der Waals surface area contributed by atoms with Crippen molar-refractivity contribution in [1.29, 1.82) is 0 Å². The molecule has 0 unspecified atom stereocenters. The van der Waals surface area contributed by atoms with Crippen molar-refractivity contribution >= 4 is 7.82 Å². The molecule has 1 aromatic heterocycles. The lowest BCUT2D eigenvalue weighted by Gasteiger charge is -2.42. The van der Waals surface area contributed by atoms with Crippen molar-refractivity contribution in [2.45, 2.75) is 31.0 Å². The Bertz CT molecular complexity index is 782. The van der Waals surface area contributed by atoms with E-state index in [0.717, 1.165) is 4.57 Å².